The lowest BCUT2D eigenvalue weighted by Crippen LogP contribution is -2.45. The third kappa shape index (κ3) is 3.00. The molecule has 5 nitrogen and oxygen atoms in total. The molecule has 0 spiro atoms. The number of fused-ring (bicyclic) bond motifs is 1. The number of hydrogen-bond acceptors (Lipinski definition) is 3. The van der Waals surface area contributed by atoms with Gasteiger partial charge in [0.05, 0.1) is 12.0 Å². The van der Waals surface area contributed by atoms with Crippen molar-refractivity contribution in [2.75, 3.05) is 26.3 Å². The van der Waals surface area contributed by atoms with Crippen molar-refractivity contribution in [1.29, 1.82) is 0 Å². The maximum atomic E-state index is 12.6. The molecule has 0 aromatic rings. The molecule has 2 saturated heterocycles. The molecule has 124 valence electrons. The average Bonchev–Trinajstić information content (AvgIpc) is 2.74. The zero-order chi connectivity index (χ0) is 15.6. The molecule has 1 amide bonds. The highest BCUT2D eigenvalue weighted by Gasteiger charge is 2.54. The van der Waals surface area contributed by atoms with Gasteiger partial charge < -0.3 is 14.7 Å². The first-order chi connectivity index (χ1) is 10.6. The van der Waals surface area contributed by atoms with Crippen LogP contribution in [0.25, 0.3) is 0 Å². The summed E-state index contributed by atoms with van der Waals surface area (Å²) in [4.78, 5) is 26.2. The monoisotopic (exact) mass is 309 g/mol. The van der Waals surface area contributed by atoms with Crippen molar-refractivity contribution < 1.29 is 19.4 Å². The predicted octanol–water partition coefficient (Wildman–Crippen LogP) is 2.30. The highest BCUT2D eigenvalue weighted by molar-refractivity contribution is 5.81. The highest BCUT2D eigenvalue weighted by Crippen LogP contribution is 2.43. The first kappa shape index (κ1) is 15.8. The molecule has 2 atom stereocenters. The van der Waals surface area contributed by atoms with Gasteiger partial charge in [-0.1, -0.05) is 25.7 Å². The van der Waals surface area contributed by atoms with Crippen LogP contribution in [-0.2, 0) is 14.3 Å². The molecule has 0 radical (unpaired) electrons. The third-order valence-electron chi connectivity index (χ3n) is 5.92. The standard InChI is InChI=1S/C17H27NO4/c19-15(9-13-5-3-1-2-4-6-13)18-10-14-11-22-8-7-17(14,12-18)16(20)21/h13-14H,1-12H2,(H,20,21)/t14-,17+/m0/s1. The van der Waals surface area contributed by atoms with Crippen LogP contribution in [0.15, 0.2) is 0 Å². The van der Waals surface area contributed by atoms with Crippen molar-refractivity contribution >= 4 is 11.9 Å². The van der Waals surface area contributed by atoms with E-state index in [1.807, 2.05) is 0 Å². The van der Waals surface area contributed by atoms with Crippen molar-refractivity contribution in [2.24, 2.45) is 17.3 Å². The number of likely N-dealkylation sites (tertiary alicyclic amines) is 1. The van der Waals surface area contributed by atoms with E-state index in [1.54, 1.807) is 4.90 Å². The minimum atomic E-state index is -0.767. The number of carbonyl (C=O) groups excluding carboxylic acids is 1. The van der Waals surface area contributed by atoms with Crippen LogP contribution in [0.1, 0.15) is 51.4 Å². The molecule has 3 fully saturated rings. The molecule has 1 N–H and O–H groups in total. The highest BCUT2D eigenvalue weighted by atomic mass is 16.5. The Labute approximate surface area is 132 Å². The maximum Gasteiger partial charge on any atom is 0.311 e. The van der Waals surface area contributed by atoms with Crippen molar-refractivity contribution in [2.45, 2.75) is 51.4 Å². The second-order valence-electron chi connectivity index (χ2n) is 7.32. The van der Waals surface area contributed by atoms with E-state index in [-0.39, 0.29) is 11.8 Å². The molecule has 22 heavy (non-hydrogen) atoms. The summed E-state index contributed by atoms with van der Waals surface area (Å²) in [5.41, 5.74) is -0.767. The summed E-state index contributed by atoms with van der Waals surface area (Å²) in [5, 5.41) is 9.66. The van der Waals surface area contributed by atoms with Gasteiger partial charge in [-0.05, 0) is 25.2 Å². The average molecular weight is 309 g/mol. The molecule has 0 aromatic carbocycles. The molecule has 3 rings (SSSR count). The Morgan fingerprint density at radius 3 is 2.55 bits per heavy atom. The fourth-order valence-corrected chi connectivity index (χ4v) is 4.43. The minimum absolute atomic E-state index is 0.0446. The first-order valence-corrected chi connectivity index (χ1v) is 8.71. The number of amides is 1. The number of nitrogens with zero attached hydrogens (tertiary/aromatic N) is 1. The minimum Gasteiger partial charge on any atom is -0.481 e. The molecule has 5 heteroatoms. The lowest BCUT2D eigenvalue weighted by molar-refractivity contribution is -0.157. The maximum absolute atomic E-state index is 12.6. The lowest BCUT2D eigenvalue weighted by Gasteiger charge is -2.33. The normalized spacial score (nSPS) is 33.3. The van der Waals surface area contributed by atoms with Crippen molar-refractivity contribution in [3.63, 3.8) is 0 Å². The molecule has 1 aliphatic carbocycles. The molecule has 0 bridgehead atoms. The Morgan fingerprint density at radius 1 is 1.18 bits per heavy atom. The van der Waals surface area contributed by atoms with Crippen LogP contribution in [0.3, 0.4) is 0 Å². The Bertz CT molecular complexity index is 430. The summed E-state index contributed by atoms with van der Waals surface area (Å²) in [6.07, 6.45) is 8.46. The van der Waals surface area contributed by atoms with E-state index in [1.165, 1.54) is 25.7 Å². The molecule has 2 aliphatic heterocycles. The van der Waals surface area contributed by atoms with Crippen LogP contribution in [0.4, 0.5) is 0 Å². The summed E-state index contributed by atoms with van der Waals surface area (Å²) in [7, 11) is 0. The molecular formula is C17H27NO4. The van der Waals surface area contributed by atoms with E-state index in [2.05, 4.69) is 0 Å². The van der Waals surface area contributed by atoms with Crippen LogP contribution in [0.2, 0.25) is 0 Å². The van der Waals surface area contributed by atoms with Gasteiger partial charge in [-0.2, -0.15) is 0 Å². The van der Waals surface area contributed by atoms with Gasteiger partial charge in [0, 0.05) is 32.0 Å². The summed E-state index contributed by atoms with van der Waals surface area (Å²) in [5.74, 6) is -0.154. The Hall–Kier alpha value is -1.10. The van der Waals surface area contributed by atoms with E-state index in [0.717, 1.165) is 12.8 Å². The molecule has 2 heterocycles. The van der Waals surface area contributed by atoms with Gasteiger partial charge in [-0.15, -0.1) is 0 Å². The second-order valence-corrected chi connectivity index (χ2v) is 7.32. The smallest absolute Gasteiger partial charge is 0.311 e. The summed E-state index contributed by atoms with van der Waals surface area (Å²) in [6, 6.07) is 0. The predicted molar refractivity (Wildman–Crippen MR) is 81.4 cm³/mol. The number of ether oxygens (including phenoxy) is 1. The number of carboxylic acids is 1. The summed E-state index contributed by atoms with van der Waals surface area (Å²) in [6.45, 7) is 1.90. The fourth-order valence-electron chi connectivity index (χ4n) is 4.43. The van der Waals surface area contributed by atoms with Crippen molar-refractivity contribution in [3.8, 4) is 0 Å². The lowest BCUT2D eigenvalue weighted by atomic mass is 9.74. The van der Waals surface area contributed by atoms with E-state index >= 15 is 0 Å². The van der Waals surface area contributed by atoms with E-state index < -0.39 is 11.4 Å². The van der Waals surface area contributed by atoms with Crippen molar-refractivity contribution in [3.05, 3.63) is 0 Å². The molecule has 0 aromatic heterocycles. The fraction of sp³-hybridized carbons (Fsp3) is 0.882. The SMILES string of the molecule is O=C(CC1CCCCCC1)N1C[C@H]2COCC[C@@]2(C(=O)O)C1. The quantitative estimate of drug-likeness (QED) is 0.812. The third-order valence-corrected chi connectivity index (χ3v) is 5.92. The number of rotatable bonds is 3. The number of hydrogen-bond donors (Lipinski definition) is 1. The van der Waals surface area contributed by atoms with Gasteiger partial charge in [0.15, 0.2) is 0 Å². The first-order valence-electron chi connectivity index (χ1n) is 8.71. The molecule has 0 unspecified atom stereocenters. The molecule has 1 saturated carbocycles. The van der Waals surface area contributed by atoms with Crippen LogP contribution in [-0.4, -0.2) is 48.2 Å². The molecule has 3 aliphatic rings. The Kier molecular flexibility index (Phi) is 4.71. The second kappa shape index (κ2) is 6.57. The largest absolute Gasteiger partial charge is 0.481 e. The summed E-state index contributed by atoms with van der Waals surface area (Å²) >= 11 is 0. The van der Waals surface area contributed by atoms with Crippen LogP contribution >= 0.6 is 0 Å². The number of carboxylic acid groups (broad SMARTS) is 1. The number of carbonyl (C=O) groups is 2. The van der Waals surface area contributed by atoms with E-state index in [0.29, 0.717) is 45.1 Å². The Balaban J connectivity index is 1.63. The van der Waals surface area contributed by atoms with Crippen molar-refractivity contribution in [1.82, 2.24) is 4.90 Å². The van der Waals surface area contributed by atoms with Gasteiger partial charge in [0.1, 0.15) is 0 Å². The van der Waals surface area contributed by atoms with Gasteiger partial charge in [-0.3, -0.25) is 9.59 Å². The topological polar surface area (TPSA) is 66.8 Å². The van der Waals surface area contributed by atoms with Gasteiger partial charge in [-0.25, -0.2) is 0 Å². The number of aliphatic carboxylic acids is 1. The summed E-state index contributed by atoms with van der Waals surface area (Å²) < 4.78 is 5.45. The van der Waals surface area contributed by atoms with Crippen LogP contribution in [0.5, 0.6) is 0 Å². The zero-order valence-corrected chi connectivity index (χ0v) is 13.3. The van der Waals surface area contributed by atoms with Crippen LogP contribution in [0, 0.1) is 17.3 Å². The zero-order valence-electron chi connectivity index (χ0n) is 13.3. The van der Waals surface area contributed by atoms with E-state index in [9.17, 15) is 14.7 Å². The van der Waals surface area contributed by atoms with E-state index in [4.69, 9.17) is 4.74 Å². The Morgan fingerprint density at radius 2 is 1.91 bits per heavy atom. The molecular weight excluding hydrogens is 282 g/mol. The van der Waals surface area contributed by atoms with Gasteiger partial charge >= 0.3 is 5.97 Å². The van der Waals surface area contributed by atoms with Gasteiger partial charge in [0.25, 0.3) is 0 Å². The van der Waals surface area contributed by atoms with Crippen LogP contribution < -0.4 is 0 Å². The van der Waals surface area contributed by atoms with Gasteiger partial charge in [0.2, 0.25) is 5.91 Å².